The van der Waals surface area contributed by atoms with Crippen molar-refractivity contribution in [2.24, 2.45) is 9.98 Å². The molecule has 0 aliphatic carbocycles. The predicted molar refractivity (Wildman–Crippen MR) is 107 cm³/mol. The maximum atomic E-state index is 4.87. The number of hydrogen-bond acceptors (Lipinski definition) is 2. The molecule has 2 rings (SSSR count). The molecule has 0 atom stereocenters. The first-order chi connectivity index (χ1) is 12.2. The Morgan fingerprint density at radius 1 is 0.538 bits per heavy atom. The molecule has 2 aromatic rings. The van der Waals surface area contributed by atoms with Crippen molar-refractivity contribution < 1.29 is 0 Å². The van der Waals surface area contributed by atoms with Crippen LogP contribution in [0.5, 0.6) is 0 Å². The van der Waals surface area contributed by atoms with Gasteiger partial charge < -0.3 is 18.3 Å². The smallest absolute Gasteiger partial charge is 0.205 e. The van der Waals surface area contributed by atoms with Gasteiger partial charge in [0.05, 0.1) is 13.1 Å². The lowest BCUT2D eigenvalue weighted by Crippen LogP contribution is -2.30. The first kappa shape index (κ1) is 20.3. The molecule has 0 unspecified atom stereocenters. The second kappa shape index (κ2) is 8.60. The highest BCUT2D eigenvalue weighted by Gasteiger charge is 2.08. The van der Waals surface area contributed by atoms with Crippen molar-refractivity contribution in [1.29, 1.82) is 0 Å². The van der Waals surface area contributed by atoms with Crippen LogP contribution in [0.25, 0.3) is 0 Å². The third kappa shape index (κ3) is 4.40. The molecule has 0 fully saturated rings. The molecule has 0 bridgehead atoms. The Bertz CT molecular complexity index is 696. The first-order valence-corrected chi connectivity index (χ1v) is 9.83. The van der Waals surface area contributed by atoms with Gasteiger partial charge in [0.2, 0.25) is 11.2 Å². The van der Waals surface area contributed by atoms with Gasteiger partial charge in [-0.2, -0.15) is 0 Å². The molecule has 0 N–H and O–H groups in total. The van der Waals surface area contributed by atoms with E-state index in [1.807, 2.05) is 0 Å². The van der Waals surface area contributed by atoms with E-state index in [-0.39, 0.29) is 0 Å². The fourth-order valence-corrected chi connectivity index (χ4v) is 3.06. The molecule has 0 aromatic carbocycles. The van der Waals surface area contributed by atoms with Crippen molar-refractivity contribution in [3.05, 3.63) is 36.0 Å². The van der Waals surface area contributed by atoms with E-state index >= 15 is 0 Å². The van der Waals surface area contributed by atoms with Crippen LogP contribution in [0.2, 0.25) is 0 Å². The van der Waals surface area contributed by atoms with Crippen LogP contribution in [0.1, 0.15) is 79.6 Å². The van der Waals surface area contributed by atoms with E-state index in [1.54, 1.807) is 0 Å². The Balaban J connectivity index is 2.31. The van der Waals surface area contributed by atoms with Crippen LogP contribution in [0.4, 0.5) is 0 Å². The van der Waals surface area contributed by atoms with Gasteiger partial charge in [0.1, 0.15) is 0 Å². The predicted octanol–water partition coefficient (Wildman–Crippen LogP) is 3.72. The molecule has 2 heterocycles. The molecule has 0 saturated carbocycles. The number of aromatic nitrogens is 4. The Kier molecular flexibility index (Phi) is 6.73. The molecule has 0 amide bonds. The summed E-state index contributed by atoms with van der Waals surface area (Å²) in [5.41, 5.74) is 2.06. The van der Waals surface area contributed by atoms with Crippen molar-refractivity contribution in [3.63, 3.8) is 0 Å². The molecule has 26 heavy (non-hydrogen) atoms. The van der Waals surface area contributed by atoms with E-state index < -0.39 is 0 Å². The van der Waals surface area contributed by atoms with E-state index in [0.29, 0.717) is 37.3 Å². The zero-order valence-electron chi connectivity index (χ0n) is 17.7. The average Bonchev–Trinajstić information content (AvgIpc) is 3.15. The Morgan fingerprint density at radius 2 is 0.769 bits per heavy atom. The van der Waals surface area contributed by atoms with E-state index in [1.165, 1.54) is 0 Å². The zero-order valence-corrected chi connectivity index (χ0v) is 17.7. The van der Waals surface area contributed by atoms with Crippen LogP contribution in [-0.4, -0.2) is 31.4 Å². The minimum atomic E-state index is 0.395. The molecule has 0 spiro atoms. The molecule has 6 heteroatoms. The highest BCUT2D eigenvalue weighted by Crippen LogP contribution is 2.05. The topological polar surface area (TPSA) is 44.4 Å². The summed E-state index contributed by atoms with van der Waals surface area (Å²) in [5, 5.41) is 0. The molecule has 146 valence electrons. The van der Waals surface area contributed by atoms with Gasteiger partial charge in [0.15, 0.2) is 0 Å². The summed E-state index contributed by atoms with van der Waals surface area (Å²) in [6.45, 7) is 18.9. The van der Waals surface area contributed by atoms with Crippen molar-refractivity contribution >= 4 is 0 Å². The standard InChI is InChI=1S/C20H36N6/c1-15(2)23-11-12-24(16(3)4)19(23)21-9-10-22-20-25(17(5)6)13-14-26(20)18(7)8/h11-18H,9-10H2,1-8H3. The number of nitrogens with zero attached hydrogens (tertiary/aromatic N) is 6. The molecule has 0 saturated heterocycles. The molecule has 0 aliphatic heterocycles. The largest absolute Gasteiger partial charge is 0.315 e. The van der Waals surface area contributed by atoms with Crippen LogP contribution in [0.15, 0.2) is 34.8 Å². The number of hydrogen-bond donors (Lipinski definition) is 0. The van der Waals surface area contributed by atoms with Crippen LogP contribution < -0.4 is 11.2 Å². The average molecular weight is 361 g/mol. The summed E-state index contributed by atoms with van der Waals surface area (Å²) in [4.78, 5) is 9.74. The Labute approximate surface area is 157 Å². The summed E-state index contributed by atoms with van der Waals surface area (Å²) in [7, 11) is 0. The highest BCUT2D eigenvalue weighted by molar-refractivity contribution is 4.87. The highest BCUT2D eigenvalue weighted by atomic mass is 15.2. The van der Waals surface area contributed by atoms with Gasteiger partial charge in [-0.25, -0.2) is 0 Å². The van der Waals surface area contributed by atoms with Gasteiger partial charge in [-0.1, -0.05) is 0 Å². The maximum Gasteiger partial charge on any atom is 0.205 e. The molecule has 0 radical (unpaired) electrons. The van der Waals surface area contributed by atoms with Crippen LogP contribution in [0, 0.1) is 0 Å². The quantitative estimate of drug-likeness (QED) is 0.676. The van der Waals surface area contributed by atoms with E-state index in [0.717, 1.165) is 11.2 Å². The molecular formula is C20H36N6. The second-order valence-electron chi connectivity index (χ2n) is 7.96. The van der Waals surface area contributed by atoms with Crippen molar-refractivity contribution in [2.75, 3.05) is 13.1 Å². The molecule has 2 aromatic heterocycles. The maximum absolute atomic E-state index is 4.87. The normalized spacial score (nSPS) is 12.0. The lowest BCUT2D eigenvalue weighted by molar-refractivity contribution is 0.497. The number of rotatable bonds is 7. The van der Waals surface area contributed by atoms with E-state index in [4.69, 9.17) is 9.98 Å². The van der Waals surface area contributed by atoms with Gasteiger partial charge in [-0.3, -0.25) is 9.98 Å². The van der Waals surface area contributed by atoms with Crippen LogP contribution in [0.3, 0.4) is 0 Å². The van der Waals surface area contributed by atoms with Gasteiger partial charge in [0.25, 0.3) is 0 Å². The number of imidazole rings is 2. The summed E-state index contributed by atoms with van der Waals surface area (Å²) in [5.74, 6) is 0. The molecule has 0 aliphatic rings. The lowest BCUT2D eigenvalue weighted by atomic mass is 10.4. The molecule has 6 nitrogen and oxygen atoms in total. The van der Waals surface area contributed by atoms with Crippen molar-refractivity contribution in [3.8, 4) is 0 Å². The summed E-state index contributed by atoms with van der Waals surface area (Å²) in [6.07, 6.45) is 8.49. The van der Waals surface area contributed by atoms with Gasteiger partial charge in [-0.05, 0) is 55.4 Å². The van der Waals surface area contributed by atoms with Gasteiger partial charge in [-0.15, -0.1) is 0 Å². The van der Waals surface area contributed by atoms with Crippen molar-refractivity contribution in [1.82, 2.24) is 18.3 Å². The van der Waals surface area contributed by atoms with Gasteiger partial charge in [0, 0.05) is 49.0 Å². The van der Waals surface area contributed by atoms with Crippen molar-refractivity contribution in [2.45, 2.75) is 79.6 Å². The third-order valence-electron chi connectivity index (χ3n) is 4.53. The fraction of sp³-hybridized carbons (Fsp3) is 0.700. The SMILES string of the molecule is CC(C)n1ccn(C(C)C)c1=NCCN=c1n(C(C)C)ccn1C(C)C. The Morgan fingerprint density at radius 3 is 0.962 bits per heavy atom. The van der Waals surface area contributed by atoms with E-state index in [9.17, 15) is 0 Å². The molecular weight excluding hydrogens is 324 g/mol. The fourth-order valence-electron chi connectivity index (χ4n) is 3.06. The second-order valence-corrected chi connectivity index (χ2v) is 7.96. The van der Waals surface area contributed by atoms with Crippen LogP contribution >= 0.6 is 0 Å². The summed E-state index contributed by atoms with van der Waals surface area (Å²) < 4.78 is 8.91. The van der Waals surface area contributed by atoms with E-state index in [2.05, 4.69) is 98.4 Å². The van der Waals surface area contributed by atoms with Gasteiger partial charge >= 0.3 is 0 Å². The third-order valence-corrected chi connectivity index (χ3v) is 4.53. The lowest BCUT2D eigenvalue weighted by Gasteiger charge is -2.11. The minimum absolute atomic E-state index is 0.395. The first-order valence-electron chi connectivity index (χ1n) is 9.83. The Hall–Kier alpha value is -1.98. The van der Waals surface area contributed by atoms with Crippen LogP contribution in [-0.2, 0) is 0 Å². The zero-order chi connectivity index (χ0) is 19.4. The summed E-state index contributed by atoms with van der Waals surface area (Å²) >= 11 is 0. The summed E-state index contributed by atoms with van der Waals surface area (Å²) in [6, 6.07) is 1.58. The minimum Gasteiger partial charge on any atom is -0.315 e. The monoisotopic (exact) mass is 360 g/mol.